The van der Waals surface area contributed by atoms with Gasteiger partial charge in [-0.15, -0.1) is 0 Å². The van der Waals surface area contributed by atoms with Crippen molar-refractivity contribution in [3.05, 3.63) is 182 Å². The van der Waals surface area contributed by atoms with Crippen molar-refractivity contribution in [2.24, 2.45) is 0 Å². The van der Waals surface area contributed by atoms with Crippen LogP contribution in [0.25, 0.3) is 71.3 Å². The van der Waals surface area contributed by atoms with Gasteiger partial charge in [0.05, 0.1) is 11.0 Å². The Bertz CT molecular complexity index is 2810. The highest BCUT2D eigenvalue weighted by atomic mass is 16.3. The minimum atomic E-state index is 0.920. The van der Waals surface area contributed by atoms with Crippen molar-refractivity contribution in [1.82, 2.24) is 4.57 Å². The number of anilines is 3. The largest absolute Gasteiger partial charge is 0.456 e. The Kier molecular flexibility index (Phi) is 6.18. The topological polar surface area (TPSA) is 21.3 Å². The van der Waals surface area contributed by atoms with E-state index in [1.807, 2.05) is 12.1 Å². The highest BCUT2D eigenvalue weighted by molar-refractivity contribution is 6.11. The average Bonchev–Trinajstić information content (AvgIpc) is 3.70. The summed E-state index contributed by atoms with van der Waals surface area (Å²) >= 11 is 0. The summed E-state index contributed by atoms with van der Waals surface area (Å²) < 4.78 is 8.56. The monoisotopic (exact) mass is 626 g/mol. The fraction of sp³-hybridized carbons (Fsp3) is 0. The maximum absolute atomic E-state index is 6.20. The molecule has 0 saturated carbocycles. The number of benzene rings is 8. The second-order valence-electron chi connectivity index (χ2n) is 12.6. The molecule has 0 saturated heterocycles. The summed E-state index contributed by atoms with van der Waals surface area (Å²) in [6.45, 7) is 0. The molecule has 0 amide bonds. The van der Waals surface area contributed by atoms with Gasteiger partial charge in [-0.2, -0.15) is 0 Å². The van der Waals surface area contributed by atoms with E-state index in [4.69, 9.17) is 4.42 Å². The van der Waals surface area contributed by atoms with Gasteiger partial charge in [0.1, 0.15) is 11.2 Å². The molecule has 2 heterocycles. The molecule has 3 nitrogen and oxygen atoms in total. The van der Waals surface area contributed by atoms with Crippen LogP contribution in [0.5, 0.6) is 0 Å². The molecule has 0 unspecified atom stereocenters. The third-order valence-electron chi connectivity index (χ3n) is 9.74. The number of fused-ring (bicyclic) bond motifs is 7. The maximum Gasteiger partial charge on any atom is 0.136 e. The summed E-state index contributed by atoms with van der Waals surface area (Å²) in [5, 5.41) is 7.15. The van der Waals surface area contributed by atoms with Crippen LogP contribution in [0.4, 0.5) is 17.1 Å². The first-order valence-electron chi connectivity index (χ1n) is 16.7. The third kappa shape index (κ3) is 4.51. The summed E-state index contributed by atoms with van der Waals surface area (Å²) in [4.78, 5) is 2.34. The number of hydrogen-bond acceptors (Lipinski definition) is 2. The Morgan fingerprint density at radius 2 is 1.02 bits per heavy atom. The van der Waals surface area contributed by atoms with Crippen molar-refractivity contribution in [2.75, 3.05) is 4.90 Å². The lowest BCUT2D eigenvalue weighted by atomic mass is 9.99. The van der Waals surface area contributed by atoms with Gasteiger partial charge in [0.2, 0.25) is 0 Å². The van der Waals surface area contributed by atoms with Gasteiger partial charge >= 0.3 is 0 Å². The van der Waals surface area contributed by atoms with Crippen molar-refractivity contribution in [3.63, 3.8) is 0 Å². The van der Waals surface area contributed by atoms with Gasteiger partial charge in [0, 0.05) is 44.3 Å². The Balaban J connectivity index is 1.07. The second kappa shape index (κ2) is 11.0. The Morgan fingerprint density at radius 1 is 0.367 bits per heavy atom. The Labute approximate surface area is 283 Å². The molecule has 10 rings (SSSR count). The fourth-order valence-electron chi connectivity index (χ4n) is 7.43. The van der Waals surface area contributed by atoms with Gasteiger partial charge in [-0.1, -0.05) is 97.1 Å². The number of rotatable bonds is 5. The van der Waals surface area contributed by atoms with Crippen molar-refractivity contribution in [3.8, 4) is 16.8 Å². The van der Waals surface area contributed by atoms with E-state index in [1.165, 1.54) is 43.7 Å². The zero-order chi connectivity index (χ0) is 32.3. The average molecular weight is 627 g/mol. The van der Waals surface area contributed by atoms with Crippen LogP contribution in [-0.4, -0.2) is 4.57 Å². The number of furan rings is 1. The third-order valence-corrected chi connectivity index (χ3v) is 9.74. The lowest BCUT2D eigenvalue weighted by molar-refractivity contribution is 0.669. The number of para-hydroxylation sites is 4. The molecule has 2 aromatic heterocycles. The molecular weight excluding hydrogens is 597 g/mol. The molecule has 10 aromatic rings. The molecule has 0 atom stereocenters. The SMILES string of the molecule is c1ccc(N(c2ccc(-c3ccc4cc5c(cc4c3)oc3ccccc35)cc2)c2ccc3c(c2)c2ccccc2n3-c2ccccc2)cc1. The van der Waals surface area contributed by atoms with E-state index in [-0.39, 0.29) is 0 Å². The van der Waals surface area contributed by atoms with Crippen LogP contribution in [0.1, 0.15) is 0 Å². The first-order valence-corrected chi connectivity index (χ1v) is 16.7. The van der Waals surface area contributed by atoms with Crippen LogP contribution in [0.2, 0.25) is 0 Å². The predicted octanol–water partition coefficient (Wildman–Crippen LogP) is 13.0. The zero-order valence-electron chi connectivity index (χ0n) is 26.6. The van der Waals surface area contributed by atoms with Crippen molar-refractivity contribution < 1.29 is 4.42 Å². The highest BCUT2D eigenvalue weighted by Crippen LogP contribution is 2.40. The number of hydrogen-bond donors (Lipinski definition) is 0. The van der Waals surface area contributed by atoms with Gasteiger partial charge in [-0.3, -0.25) is 0 Å². The van der Waals surface area contributed by atoms with Crippen LogP contribution < -0.4 is 4.90 Å². The molecule has 0 bridgehead atoms. The molecule has 0 aliphatic rings. The molecule has 0 radical (unpaired) electrons. The van der Waals surface area contributed by atoms with Crippen LogP contribution in [0.15, 0.2) is 186 Å². The van der Waals surface area contributed by atoms with Gasteiger partial charge < -0.3 is 13.9 Å². The molecule has 8 aromatic carbocycles. The first kappa shape index (κ1) is 27.5. The van der Waals surface area contributed by atoms with Gasteiger partial charge in [0.25, 0.3) is 0 Å². The van der Waals surface area contributed by atoms with E-state index in [9.17, 15) is 0 Å². The molecule has 49 heavy (non-hydrogen) atoms. The van der Waals surface area contributed by atoms with Crippen LogP contribution in [0.3, 0.4) is 0 Å². The first-order chi connectivity index (χ1) is 24.3. The molecule has 0 aliphatic heterocycles. The minimum absolute atomic E-state index is 0.920. The normalized spacial score (nSPS) is 11.7. The van der Waals surface area contributed by atoms with Crippen molar-refractivity contribution >= 4 is 71.6 Å². The Hall–Kier alpha value is -6.58. The van der Waals surface area contributed by atoms with Crippen LogP contribution >= 0.6 is 0 Å². The lowest BCUT2D eigenvalue weighted by Crippen LogP contribution is -2.09. The minimum Gasteiger partial charge on any atom is -0.456 e. The summed E-state index contributed by atoms with van der Waals surface area (Å²) in [6.07, 6.45) is 0. The quantitative estimate of drug-likeness (QED) is 0.190. The predicted molar refractivity (Wildman–Crippen MR) is 206 cm³/mol. The molecule has 3 heteroatoms. The van der Waals surface area contributed by atoms with Crippen molar-refractivity contribution in [2.45, 2.75) is 0 Å². The smallest absolute Gasteiger partial charge is 0.136 e. The standard InChI is InChI=1S/C46H30N2O/c1-3-11-35(12-4-1)47(38-25-26-44-41(30-38)39-15-7-9-17-43(39)48(44)36-13-5-2-6-14-36)37-23-21-31(22-24-37)32-19-20-33-28-42-40-16-8-10-18-45(40)49-46(42)29-34(33)27-32/h1-30H. The van der Waals surface area contributed by atoms with Gasteiger partial charge in [-0.25, -0.2) is 0 Å². The van der Waals surface area contributed by atoms with Crippen LogP contribution in [0, 0.1) is 0 Å². The number of nitrogens with zero attached hydrogens (tertiary/aromatic N) is 2. The maximum atomic E-state index is 6.20. The van der Waals surface area contributed by atoms with Gasteiger partial charge in [-0.05, 0) is 107 Å². The Morgan fingerprint density at radius 3 is 1.86 bits per heavy atom. The molecule has 0 aliphatic carbocycles. The molecule has 0 N–H and O–H groups in total. The van der Waals surface area contributed by atoms with Gasteiger partial charge in [0.15, 0.2) is 0 Å². The zero-order valence-corrected chi connectivity index (χ0v) is 26.6. The van der Waals surface area contributed by atoms with E-state index in [0.717, 1.165) is 44.7 Å². The fourth-order valence-corrected chi connectivity index (χ4v) is 7.43. The summed E-state index contributed by atoms with van der Waals surface area (Å²) in [5.74, 6) is 0. The molecular formula is C46H30N2O. The van der Waals surface area contributed by atoms with E-state index >= 15 is 0 Å². The van der Waals surface area contributed by atoms with E-state index < -0.39 is 0 Å². The molecule has 230 valence electrons. The second-order valence-corrected chi connectivity index (χ2v) is 12.6. The summed E-state index contributed by atoms with van der Waals surface area (Å²) in [5.41, 5.74) is 11.1. The number of aromatic nitrogens is 1. The van der Waals surface area contributed by atoms with Crippen LogP contribution in [-0.2, 0) is 0 Å². The highest BCUT2D eigenvalue weighted by Gasteiger charge is 2.17. The lowest BCUT2D eigenvalue weighted by Gasteiger charge is -2.26. The van der Waals surface area contributed by atoms with E-state index in [1.54, 1.807) is 0 Å². The van der Waals surface area contributed by atoms with E-state index in [2.05, 4.69) is 179 Å². The van der Waals surface area contributed by atoms with E-state index in [0.29, 0.717) is 0 Å². The van der Waals surface area contributed by atoms with Crippen molar-refractivity contribution in [1.29, 1.82) is 0 Å². The summed E-state index contributed by atoms with van der Waals surface area (Å²) in [7, 11) is 0. The molecule has 0 fully saturated rings. The summed E-state index contributed by atoms with van der Waals surface area (Å²) in [6, 6.07) is 65.0. The molecule has 0 spiro atoms.